The highest BCUT2D eigenvalue weighted by Crippen LogP contribution is 2.51. The first kappa shape index (κ1) is 21.0. The number of halogens is 1. The van der Waals surface area contributed by atoms with Crippen LogP contribution in [0.1, 0.15) is 31.1 Å². The van der Waals surface area contributed by atoms with E-state index in [1.165, 1.54) is 18.7 Å². The Kier molecular flexibility index (Phi) is 5.95. The van der Waals surface area contributed by atoms with Crippen molar-refractivity contribution in [3.8, 4) is 0 Å². The third-order valence-corrected chi connectivity index (χ3v) is 7.47. The minimum atomic E-state index is -0.0403. The Balaban J connectivity index is 1.71. The molecule has 8 heteroatoms. The number of ketones is 1. The van der Waals surface area contributed by atoms with Gasteiger partial charge in [0.05, 0.1) is 11.4 Å². The highest BCUT2D eigenvalue weighted by atomic mass is 35.5. The summed E-state index contributed by atoms with van der Waals surface area (Å²) in [4.78, 5) is 35.0. The number of amidine groups is 1. The first-order valence-corrected chi connectivity index (χ1v) is 11.6. The topological polar surface area (TPSA) is 53.0 Å². The number of amides is 1. The summed E-state index contributed by atoms with van der Waals surface area (Å²) >= 11 is 9.18. The molecule has 0 saturated carbocycles. The zero-order chi connectivity index (χ0) is 21.4. The van der Waals surface area contributed by atoms with Crippen molar-refractivity contribution in [2.75, 3.05) is 18.0 Å². The summed E-state index contributed by atoms with van der Waals surface area (Å²) in [7, 11) is 0. The molecule has 2 heterocycles. The largest absolute Gasteiger partial charge is 0.334 e. The number of hydrogen-bond donors (Lipinski definition) is 0. The van der Waals surface area contributed by atoms with Gasteiger partial charge in [-0.25, -0.2) is 4.99 Å². The van der Waals surface area contributed by atoms with Crippen LogP contribution in [0.5, 0.6) is 0 Å². The van der Waals surface area contributed by atoms with Crippen molar-refractivity contribution in [3.63, 3.8) is 0 Å². The first-order valence-electron chi connectivity index (χ1n) is 9.61. The minimum Gasteiger partial charge on any atom is -0.334 e. The molecule has 2 aliphatic heterocycles. The van der Waals surface area contributed by atoms with Crippen LogP contribution < -0.4 is 4.90 Å². The molecule has 1 amide bonds. The van der Waals surface area contributed by atoms with Gasteiger partial charge in [-0.15, -0.1) is 0 Å². The Morgan fingerprint density at radius 3 is 2.37 bits per heavy atom. The molecule has 1 fully saturated rings. The first-order chi connectivity index (χ1) is 14.4. The summed E-state index contributed by atoms with van der Waals surface area (Å²) in [5, 5.41) is 2.24. The van der Waals surface area contributed by atoms with E-state index in [1.54, 1.807) is 40.9 Å². The molecule has 2 aromatic carbocycles. The van der Waals surface area contributed by atoms with E-state index in [9.17, 15) is 9.59 Å². The zero-order valence-corrected chi connectivity index (χ0v) is 19.2. The molecular weight excluding hydrogens is 438 g/mol. The molecule has 0 spiro atoms. The zero-order valence-electron chi connectivity index (χ0n) is 16.8. The van der Waals surface area contributed by atoms with Crippen molar-refractivity contribution in [1.29, 1.82) is 0 Å². The maximum Gasteiger partial charge on any atom is 0.269 e. The molecule has 30 heavy (non-hydrogen) atoms. The Morgan fingerprint density at radius 2 is 1.73 bits per heavy atom. The van der Waals surface area contributed by atoms with Gasteiger partial charge in [-0.2, -0.15) is 0 Å². The van der Waals surface area contributed by atoms with Crippen LogP contribution in [-0.4, -0.2) is 34.8 Å². The van der Waals surface area contributed by atoms with E-state index in [2.05, 4.69) is 16.8 Å². The number of likely N-dealkylation sites (N-methyl/N-ethyl adjacent to an activating group) is 1. The van der Waals surface area contributed by atoms with Crippen LogP contribution in [0.15, 0.2) is 62.3 Å². The Labute approximate surface area is 189 Å². The molecule has 0 aromatic heterocycles. The maximum absolute atomic E-state index is 13.2. The lowest BCUT2D eigenvalue weighted by atomic mass is 10.1. The molecule has 0 atom stereocenters. The van der Waals surface area contributed by atoms with Crippen LogP contribution >= 0.6 is 35.1 Å². The van der Waals surface area contributed by atoms with Crippen LogP contribution in [0.25, 0.3) is 0 Å². The Bertz CT molecular complexity index is 1100. The number of thioether (sulfide) groups is 2. The van der Waals surface area contributed by atoms with E-state index in [0.29, 0.717) is 32.9 Å². The van der Waals surface area contributed by atoms with E-state index in [-0.39, 0.29) is 11.7 Å². The van der Waals surface area contributed by atoms with Crippen LogP contribution in [-0.2, 0) is 4.79 Å². The predicted molar refractivity (Wildman–Crippen MR) is 126 cm³/mol. The smallest absolute Gasteiger partial charge is 0.269 e. The molecule has 0 radical (unpaired) electrons. The average Bonchev–Trinajstić information content (AvgIpc) is 3.24. The van der Waals surface area contributed by atoms with Crippen molar-refractivity contribution >= 4 is 63.4 Å². The minimum absolute atomic E-state index is 0.0133. The molecule has 154 valence electrons. The molecule has 1 saturated heterocycles. The Morgan fingerprint density at radius 1 is 1.03 bits per heavy atom. The molecular formula is C22H20ClN3O2S2. The molecule has 4 rings (SSSR count). The van der Waals surface area contributed by atoms with Gasteiger partial charge >= 0.3 is 0 Å². The lowest BCUT2D eigenvalue weighted by Gasteiger charge is -2.19. The normalized spacial score (nSPS) is 19.7. The van der Waals surface area contributed by atoms with E-state index >= 15 is 0 Å². The fourth-order valence-corrected chi connectivity index (χ4v) is 5.92. The second kappa shape index (κ2) is 8.49. The number of rotatable bonds is 4. The van der Waals surface area contributed by atoms with Crippen molar-refractivity contribution < 1.29 is 9.59 Å². The third-order valence-electron chi connectivity index (χ3n) is 4.85. The number of carbonyl (C=O) groups is 2. The van der Waals surface area contributed by atoms with Gasteiger partial charge in [0.2, 0.25) is 0 Å². The Hall–Kier alpha value is -2.22. The number of anilines is 1. The summed E-state index contributed by atoms with van der Waals surface area (Å²) in [5.74, 6) is -0.0270. The van der Waals surface area contributed by atoms with Gasteiger partial charge in [-0.05, 0) is 75.0 Å². The number of hydrogen-bond acceptors (Lipinski definition) is 6. The quantitative estimate of drug-likeness (QED) is 0.421. The summed E-state index contributed by atoms with van der Waals surface area (Å²) in [6, 6.07) is 12.9. The SMILES string of the molecule is CCN1C(=O)C(=C2Sc3ccc(Cl)cc3N2CC)SC1=Nc1ccc(C(C)=O)cc1. The lowest BCUT2D eigenvalue weighted by molar-refractivity contribution is -0.122. The van der Waals surface area contributed by atoms with Gasteiger partial charge in [-0.1, -0.05) is 23.4 Å². The fourth-order valence-electron chi connectivity index (χ4n) is 3.32. The van der Waals surface area contributed by atoms with Gasteiger partial charge in [0, 0.05) is 28.6 Å². The molecule has 2 aliphatic rings. The van der Waals surface area contributed by atoms with Crippen LogP contribution in [0.4, 0.5) is 11.4 Å². The van der Waals surface area contributed by atoms with Gasteiger partial charge in [0.1, 0.15) is 9.93 Å². The van der Waals surface area contributed by atoms with Gasteiger partial charge in [-0.3, -0.25) is 14.5 Å². The second-order valence-electron chi connectivity index (χ2n) is 6.74. The summed E-state index contributed by atoms with van der Waals surface area (Å²) in [6.07, 6.45) is 0. The predicted octanol–water partition coefficient (Wildman–Crippen LogP) is 5.93. The van der Waals surface area contributed by atoms with E-state index < -0.39 is 0 Å². The number of benzene rings is 2. The number of aliphatic imine (C=N–C) groups is 1. The standard InChI is InChI=1S/C22H20ClN3O2S2/c1-4-25-17-12-15(23)8-11-18(17)29-21(25)19-20(28)26(5-2)22(30-19)24-16-9-6-14(7-10-16)13(3)27/h6-12H,4-5H2,1-3H3. The second-order valence-corrected chi connectivity index (χ2v) is 9.19. The van der Waals surface area contributed by atoms with E-state index in [0.717, 1.165) is 22.2 Å². The highest BCUT2D eigenvalue weighted by Gasteiger charge is 2.39. The van der Waals surface area contributed by atoms with Crippen molar-refractivity contribution in [2.45, 2.75) is 25.7 Å². The third kappa shape index (κ3) is 3.77. The molecule has 0 bridgehead atoms. The molecule has 0 unspecified atom stereocenters. The van der Waals surface area contributed by atoms with Crippen LogP contribution in [0.2, 0.25) is 5.02 Å². The van der Waals surface area contributed by atoms with Crippen molar-refractivity contribution in [3.05, 3.63) is 63.0 Å². The van der Waals surface area contributed by atoms with Gasteiger partial charge < -0.3 is 4.90 Å². The monoisotopic (exact) mass is 457 g/mol. The maximum atomic E-state index is 13.2. The highest BCUT2D eigenvalue weighted by molar-refractivity contribution is 8.19. The molecule has 0 aliphatic carbocycles. The fraction of sp³-hybridized carbons (Fsp3) is 0.227. The van der Waals surface area contributed by atoms with Crippen molar-refractivity contribution in [2.24, 2.45) is 4.99 Å². The van der Waals surface area contributed by atoms with Gasteiger partial charge in [0.15, 0.2) is 11.0 Å². The summed E-state index contributed by atoms with van der Waals surface area (Å²) in [6.45, 7) is 6.80. The number of carbonyl (C=O) groups excluding carboxylic acids is 2. The van der Waals surface area contributed by atoms with E-state index in [4.69, 9.17) is 11.6 Å². The van der Waals surface area contributed by atoms with Crippen LogP contribution in [0.3, 0.4) is 0 Å². The number of Topliss-reactive ketones (excluding diaryl/α,β-unsaturated/α-hetero) is 1. The lowest BCUT2D eigenvalue weighted by Crippen LogP contribution is -2.29. The number of nitrogens with zero attached hydrogens (tertiary/aromatic N) is 3. The summed E-state index contributed by atoms with van der Waals surface area (Å²) in [5.41, 5.74) is 2.38. The van der Waals surface area contributed by atoms with Crippen LogP contribution in [0, 0.1) is 0 Å². The van der Waals surface area contributed by atoms with E-state index in [1.807, 2.05) is 25.1 Å². The molecule has 0 N–H and O–H groups in total. The molecule has 5 nitrogen and oxygen atoms in total. The van der Waals surface area contributed by atoms with Crippen molar-refractivity contribution in [1.82, 2.24) is 4.90 Å². The number of fused-ring (bicyclic) bond motifs is 1. The summed E-state index contributed by atoms with van der Waals surface area (Å²) < 4.78 is 0. The van der Waals surface area contributed by atoms with Gasteiger partial charge in [0.25, 0.3) is 5.91 Å². The molecule has 2 aromatic rings. The average molecular weight is 458 g/mol.